The van der Waals surface area contributed by atoms with E-state index in [1.54, 1.807) is 0 Å². The van der Waals surface area contributed by atoms with E-state index >= 15 is 0 Å². The molecule has 1 heteroatoms. The highest BCUT2D eigenvalue weighted by Gasteiger charge is 2.32. The van der Waals surface area contributed by atoms with Gasteiger partial charge in [0.25, 0.3) is 0 Å². The maximum atomic E-state index is 6.28. The van der Waals surface area contributed by atoms with Crippen LogP contribution in [0.15, 0.2) is 158 Å². The molecule has 1 nitrogen and oxygen atoms in total. The van der Waals surface area contributed by atoms with E-state index in [1.165, 1.54) is 71.3 Å². The van der Waals surface area contributed by atoms with Gasteiger partial charge in [-0.3, -0.25) is 0 Å². The fraction of sp³-hybridized carbons (Fsp3) is 0.0698. The van der Waals surface area contributed by atoms with E-state index in [2.05, 4.69) is 159 Å². The second kappa shape index (κ2) is 10.7. The third kappa shape index (κ3) is 4.16. The molecule has 1 heterocycles. The van der Waals surface area contributed by atoms with Crippen molar-refractivity contribution in [3.05, 3.63) is 175 Å². The highest BCUT2D eigenvalue weighted by atomic mass is 16.5. The van der Waals surface area contributed by atoms with Crippen LogP contribution in [-0.4, -0.2) is 6.10 Å². The SMILES string of the molecule is C=C/C=C\C(=C(/C)c1ccc2c(c1)[C@@H]1C=CC=CC1O2)c1c2ccccc2c(-c2cccc3ccccc23)c2ccccc12. The average Bonchev–Trinajstić information content (AvgIpc) is 3.46. The molecule has 0 spiro atoms. The molecule has 0 saturated carbocycles. The minimum Gasteiger partial charge on any atom is -0.485 e. The molecular formula is C43H32O. The number of benzene rings is 6. The third-order valence-electron chi connectivity index (χ3n) is 9.21. The van der Waals surface area contributed by atoms with E-state index in [4.69, 9.17) is 4.74 Å². The van der Waals surface area contributed by atoms with Gasteiger partial charge >= 0.3 is 0 Å². The first kappa shape index (κ1) is 26.2. The second-order valence-corrected chi connectivity index (χ2v) is 11.6. The molecule has 0 fully saturated rings. The molecule has 6 aromatic rings. The Labute approximate surface area is 258 Å². The van der Waals surface area contributed by atoms with Crippen LogP contribution in [0.2, 0.25) is 0 Å². The first-order valence-corrected chi connectivity index (χ1v) is 15.3. The number of hydrogen-bond donors (Lipinski definition) is 0. The van der Waals surface area contributed by atoms with Gasteiger partial charge in [0, 0.05) is 11.5 Å². The quantitative estimate of drug-likeness (QED) is 0.115. The van der Waals surface area contributed by atoms with Crippen LogP contribution >= 0.6 is 0 Å². The second-order valence-electron chi connectivity index (χ2n) is 11.6. The highest BCUT2D eigenvalue weighted by molar-refractivity contribution is 6.23. The monoisotopic (exact) mass is 564 g/mol. The van der Waals surface area contributed by atoms with Crippen molar-refractivity contribution in [2.45, 2.75) is 18.9 Å². The normalized spacial score (nSPS) is 17.6. The summed E-state index contributed by atoms with van der Waals surface area (Å²) in [6.45, 7) is 6.26. The zero-order valence-corrected chi connectivity index (χ0v) is 24.7. The number of fused-ring (bicyclic) bond motifs is 6. The summed E-state index contributed by atoms with van der Waals surface area (Å²) in [4.78, 5) is 0. The Morgan fingerprint density at radius 3 is 2.11 bits per heavy atom. The van der Waals surface area contributed by atoms with Crippen LogP contribution in [0.5, 0.6) is 5.75 Å². The highest BCUT2D eigenvalue weighted by Crippen LogP contribution is 2.47. The van der Waals surface area contributed by atoms with Crippen molar-refractivity contribution in [2.75, 3.05) is 0 Å². The summed E-state index contributed by atoms with van der Waals surface area (Å²) < 4.78 is 6.28. The van der Waals surface area contributed by atoms with Crippen LogP contribution < -0.4 is 4.74 Å². The molecule has 0 radical (unpaired) electrons. The number of allylic oxidation sites excluding steroid dienone is 7. The summed E-state index contributed by atoms with van der Waals surface area (Å²) in [5.74, 6) is 1.22. The molecule has 210 valence electrons. The summed E-state index contributed by atoms with van der Waals surface area (Å²) in [6, 6.07) is 39.8. The molecule has 0 aromatic heterocycles. The van der Waals surface area contributed by atoms with Gasteiger partial charge in [0.15, 0.2) is 0 Å². The lowest BCUT2D eigenvalue weighted by molar-refractivity contribution is 0.269. The lowest BCUT2D eigenvalue weighted by Crippen LogP contribution is -2.15. The molecule has 6 aromatic carbocycles. The van der Waals surface area contributed by atoms with Crippen LogP contribution in [0.3, 0.4) is 0 Å². The molecule has 1 aliphatic heterocycles. The van der Waals surface area contributed by atoms with Gasteiger partial charge in [0.2, 0.25) is 0 Å². The Kier molecular flexibility index (Phi) is 6.38. The number of hydrogen-bond acceptors (Lipinski definition) is 1. The van der Waals surface area contributed by atoms with E-state index < -0.39 is 0 Å². The molecule has 8 rings (SSSR count). The van der Waals surface area contributed by atoms with Crippen molar-refractivity contribution >= 4 is 43.5 Å². The maximum Gasteiger partial charge on any atom is 0.128 e. The zero-order valence-electron chi connectivity index (χ0n) is 24.7. The van der Waals surface area contributed by atoms with E-state index in [0.29, 0.717) is 0 Å². The predicted molar refractivity (Wildman–Crippen MR) is 188 cm³/mol. The average molecular weight is 565 g/mol. The van der Waals surface area contributed by atoms with Gasteiger partial charge in [0.05, 0.1) is 0 Å². The van der Waals surface area contributed by atoms with Crippen molar-refractivity contribution < 1.29 is 4.74 Å². The van der Waals surface area contributed by atoms with Crippen LogP contribution in [-0.2, 0) is 0 Å². The fourth-order valence-corrected chi connectivity index (χ4v) is 7.14. The van der Waals surface area contributed by atoms with Crippen LogP contribution in [0.25, 0.3) is 54.6 Å². The van der Waals surface area contributed by atoms with Gasteiger partial charge in [0.1, 0.15) is 11.9 Å². The molecule has 0 bridgehead atoms. The topological polar surface area (TPSA) is 9.23 Å². The molecule has 44 heavy (non-hydrogen) atoms. The summed E-state index contributed by atoms with van der Waals surface area (Å²) in [5, 5.41) is 7.49. The van der Waals surface area contributed by atoms with Gasteiger partial charge in [-0.25, -0.2) is 0 Å². The largest absolute Gasteiger partial charge is 0.485 e. The lowest BCUT2D eigenvalue weighted by Gasteiger charge is -2.21. The van der Waals surface area contributed by atoms with Crippen molar-refractivity contribution in [3.63, 3.8) is 0 Å². The molecule has 0 saturated heterocycles. The minimum atomic E-state index is 0.0733. The first-order chi connectivity index (χ1) is 21.7. The molecule has 2 atom stereocenters. The van der Waals surface area contributed by atoms with Crippen LogP contribution in [0.4, 0.5) is 0 Å². The van der Waals surface area contributed by atoms with E-state index in [9.17, 15) is 0 Å². The van der Waals surface area contributed by atoms with Crippen molar-refractivity contribution in [1.82, 2.24) is 0 Å². The van der Waals surface area contributed by atoms with E-state index in [-0.39, 0.29) is 12.0 Å². The van der Waals surface area contributed by atoms with Crippen molar-refractivity contribution in [2.24, 2.45) is 0 Å². The Morgan fingerprint density at radius 2 is 1.36 bits per heavy atom. The minimum absolute atomic E-state index is 0.0733. The molecule has 0 amide bonds. The fourth-order valence-electron chi connectivity index (χ4n) is 7.14. The Balaban J connectivity index is 1.43. The molecule has 1 unspecified atom stereocenters. The van der Waals surface area contributed by atoms with Gasteiger partial charge in [-0.1, -0.05) is 140 Å². The van der Waals surface area contributed by atoms with Gasteiger partial charge in [-0.15, -0.1) is 0 Å². The Morgan fingerprint density at radius 1 is 0.705 bits per heavy atom. The summed E-state index contributed by atoms with van der Waals surface area (Å²) in [6.07, 6.45) is 14.8. The van der Waals surface area contributed by atoms with E-state index in [0.717, 1.165) is 5.75 Å². The van der Waals surface area contributed by atoms with Crippen molar-refractivity contribution in [1.29, 1.82) is 0 Å². The Bertz CT molecular complexity index is 2180. The van der Waals surface area contributed by atoms with Crippen LogP contribution in [0, 0.1) is 0 Å². The summed E-state index contributed by atoms with van der Waals surface area (Å²) in [5.41, 5.74) is 8.64. The van der Waals surface area contributed by atoms with Gasteiger partial charge in [-0.2, -0.15) is 0 Å². The molecule has 1 aliphatic carbocycles. The summed E-state index contributed by atoms with van der Waals surface area (Å²) in [7, 11) is 0. The number of ether oxygens (including phenoxy) is 1. The standard InChI is InChI=1S/C43H32O/c1-3-4-16-31(28(2)30-25-26-41-39(27-30)33-18-11-12-24-40(33)44-41)42-35-19-7-9-21-37(35)43(38-22-10-8-20-36(38)42)34-23-13-15-29-14-5-6-17-32(29)34/h3-27,33,40H,1H2,2H3/b16-4-,31-28-/t33-,40?/m0/s1. The van der Waals surface area contributed by atoms with Crippen LogP contribution in [0.1, 0.15) is 29.5 Å². The Hall–Kier alpha value is -5.40. The van der Waals surface area contributed by atoms with E-state index in [1.807, 2.05) is 6.08 Å². The third-order valence-corrected chi connectivity index (χ3v) is 9.21. The maximum absolute atomic E-state index is 6.28. The summed E-state index contributed by atoms with van der Waals surface area (Å²) >= 11 is 0. The van der Waals surface area contributed by atoms with Gasteiger partial charge in [-0.05, 0) is 90.8 Å². The molecular weight excluding hydrogens is 532 g/mol. The predicted octanol–water partition coefficient (Wildman–Crippen LogP) is 11.5. The molecule has 0 N–H and O–H groups in total. The lowest BCUT2D eigenvalue weighted by atomic mass is 9.82. The first-order valence-electron chi connectivity index (χ1n) is 15.3. The van der Waals surface area contributed by atoms with Gasteiger partial charge < -0.3 is 4.74 Å². The zero-order chi connectivity index (χ0) is 29.6. The molecule has 2 aliphatic rings. The van der Waals surface area contributed by atoms with Crippen molar-refractivity contribution in [3.8, 4) is 16.9 Å². The smallest absolute Gasteiger partial charge is 0.128 e. The number of rotatable bonds is 5.